The second-order valence-corrected chi connectivity index (χ2v) is 11.0. The standard InChI is InChI=1S/C15H24N3O3PS/c1-13(2)12-18(22(19)16(4)10-11-17(22)5)23(20,21)15-8-6-14(3)7-9-15/h6-9H,1,10-12H2,2-5H3. The van der Waals surface area contributed by atoms with Crippen molar-refractivity contribution in [2.75, 3.05) is 33.7 Å². The fourth-order valence-electron chi connectivity index (χ4n) is 2.53. The zero-order chi connectivity index (χ0) is 17.4. The lowest BCUT2D eigenvalue weighted by Gasteiger charge is -2.42. The minimum Gasteiger partial charge on any atom is -0.635 e. The van der Waals surface area contributed by atoms with Crippen molar-refractivity contribution in [3.8, 4) is 0 Å². The summed E-state index contributed by atoms with van der Waals surface area (Å²) >= 11 is 0. The van der Waals surface area contributed by atoms with Crippen molar-refractivity contribution in [1.82, 2.24) is 13.4 Å². The first kappa shape index (κ1) is 18.5. The summed E-state index contributed by atoms with van der Waals surface area (Å²) in [5.74, 6) is 0. The number of hydrogen-bond acceptors (Lipinski definition) is 5. The van der Waals surface area contributed by atoms with Gasteiger partial charge in [-0.05, 0) is 30.1 Å². The van der Waals surface area contributed by atoms with Crippen molar-refractivity contribution in [3.05, 3.63) is 42.0 Å². The number of likely N-dealkylation sites (N-methyl/N-ethyl adjacent to an activating group) is 2. The van der Waals surface area contributed by atoms with Gasteiger partial charge in [0, 0.05) is 14.1 Å². The third-order valence-corrected chi connectivity index (χ3v) is 9.67. The van der Waals surface area contributed by atoms with E-state index in [4.69, 9.17) is 0 Å². The maximum atomic E-state index is 13.6. The molecule has 6 nitrogen and oxygen atoms in total. The minimum atomic E-state index is -3.89. The van der Waals surface area contributed by atoms with E-state index < -0.39 is 18.0 Å². The molecule has 1 aliphatic heterocycles. The van der Waals surface area contributed by atoms with E-state index in [9.17, 15) is 13.3 Å². The molecule has 0 bridgehead atoms. The molecule has 1 aromatic rings. The van der Waals surface area contributed by atoms with Gasteiger partial charge in [-0.25, -0.2) is 8.42 Å². The number of nitrogens with zero attached hydrogens (tertiary/aromatic N) is 3. The van der Waals surface area contributed by atoms with Crippen LogP contribution < -0.4 is 4.89 Å². The van der Waals surface area contributed by atoms with Gasteiger partial charge in [0.25, 0.3) is 10.0 Å². The minimum absolute atomic E-state index is 0.0299. The first-order valence-electron chi connectivity index (χ1n) is 7.37. The Labute approximate surface area is 139 Å². The van der Waals surface area contributed by atoms with Crippen LogP contribution in [0, 0.1) is 6.92 Å². The van der Waals surface area contributed by atoms with Crippen LogP contribution in [0.25, 0.3) is 0 Å². The fraction of sp³-hybridized carbons (Fsp3) is 0.467. The number of sulfonamides is 1. The van der Waals surface area contributed by atoms with E-state index in [0.717, 1.165) is 9.64 Å². The lowest BCUT2D eigenvalue weighted by molar-refractivity contribution is -0.197. The van der Waals surface area contributed by atoms with Gasteiger partial charge in [0.2, 0.25) is 7.94 Å². The van der Waals surface area contributed by atoms with Gasteiger partial charge < -0.3 is 4.89 Å². The first-order valence-corrected chi connectivity index (χ1v) is 10.4. The Balaban J connectivity index is 2.54. The van der Waals surface area contributed by atoms with E-state index in [0.29, 0.717) is 18.7 Å². The molecule has 0 aromatic heterocycles. The van der Waals surface area contributed by atoms with Gasteiger partial charge in [-0.2, -0.15) is 9.34 Å². The van der Waals surface area contributed by atoms with Crippen LogP contribution in [0.5, 0.6) is 0 Å². The lowest BCUT2D eigenvalue weighted by Crippen LogP contribution is -2.46. The van der Waals surface area contributed by atoms with Crippen LogP contribution in [-0.4, -0.2) is 55.6 Å². The summed E-state index contributed by atoms with van der Waals surface area (Å²) in [5, 5.41) is 0. The molecule has 0 atom stereocenters. The topological polar surface area (TPSA) is 66.9 Å². The predicted molar refractivity (Wildman–Crippen MR) is 92.1 cm³/mol. The zero-order valence-electron chi connectivity index (χ0n) is 14.1. The molecule has 0 saturated carbocycles. The second kappa shape index (κ2) is 6.59. The Morgan fingerprint density at radius 3 is 2.17 bits per heavy atom. The molecular formula is C15H24N3O3PS. The highest BCUT2D eigenvalue weighted by atomic mass is 32.2. The van der Waals surface area contributed by atoms with E-state index >= 15 is 0 Å². The monoisotopic (exact) mass is 357 g/mol. The van der Waals surface area contributed by atoms with E-state index in [1.54, 1.807) is 54.6 Å². The molecule has 1 fully saturated rings. The summed E-state index contributed by atoms with van der Waals surface area (Å²) in [6, 6.07) is 6.59. The Hall–Kier alpha value is -0.820. The molecule has 1 aromatic carbocycles. The fourth-order valence-corrected chi connectivity index (χ4v) is 8.12. The normalized spacial score (nSPS) is 19.4. The molecule has 0 aliphatic carbocycles. The van der Waals surface area contributed by atoms with Gasteiger partial charge in [0.15, 0.2) is 0 Å². The van der Waals surface area contributed by atoms with Crippen molar-refractivity contribution in [3.63, 3.8) is 0 Å². The van der Waals surface area contributed by atoms with E-state index in [1.165, 1.54) is 0 Å². The number of benzene rings is 1. The van der Waals surface area contributed by atoms with Crippen LogP contribution in [0.4, 0.5) is 0 Å². The Bertz CT molecular complexity index is 680. The maximum absolute atomic E-state index is 13.6. The summed E-state index contributed by atoms with van der Waals surface area (Å²) in [4.78, 5) is 13.7. The molecule has 128 valence electrons. The maximum Gasteiger partial charge on any atom is 0.275 e. The SMILES string of the molecule is C=C(C)CN([P+]1([O-])N(C)CCN1C)S(=O)(=O)c1ccc(C)cc1. The number of rotatable bonds is 5. The second-order valence-electron chi connectivity index (χ2n) is 6.03. The number of hydrogen-bond donors (Lipinski definition) is 0. The Morgan fingerprint density at radius 1 is 1.26 bits per heavy atom. The molecule has 0 unspecified atom stereocenters. The average molecular weight is 357 g/mol. The highest BCUT2D eigenvalue weighted by molar-refractivity contribution is 7.95. The largest absolute Gasteiger partial charge is 0.635 e. The molecule has 0 radical (unpaired) electrons. The average Bonchev–Trinajstić information content (AvgIpc) is 2.73. The summed E-state index contributed by atoms with van der Waals surface area (Å²) in [7, 11) is -3.87. The van der Waals surface area contributed by atoms with Gasteiger partial charge in [-0.1, -0.05) is 29.8 Å². The van der Waals surface area contributed by atoms with Crippen LogP contribution in [0.2, 0.25) is 0 Å². The van der Waals surface area contributed by atoms with Crippen molar-refractivity contribution in [1.29, 1.82) is 0 Å². The van der Waals surface area contributed by atoms with Crippen molar-refractivity contribution in [2.45, 2.75) is 18.7 Å². The highest BCUT2D eigenvalue weighted by Gasteiger charge is 2.54. The summed E-state index contributed by atoms with van der Waals surface area (Å²) in [5.41, 5.74) is 1.61. The molecule has 0 spiro atoms. The summed E-state index contributed by atoms with van der Waals surface area (Å²) in [6.07, 6.45) is 0. The molecule has 23 heavy (non-hydrogen) atoms. The third-order valence-electron chi connectivity index (χ3n) is 3.93. The van der Waals surface area contributed by atoms with Crippen LogP contribution in [-0.2, 0) is 10.0 Å². The smallest absolute Gasteiger partial charge is 0.275 e. The summed E-state index contributed by atoms with van der Waals surface area (Å²) < 4.78 is 30.6. The van der Waals surface area contributed by atoms with E-state index in [-0.39, 0.29) is 11.4 Å². The molecule has 1 heterocycles. The third kappa shape index (κ3) is 3.36. The van der Waals surface area contributed by atoms with Gasteiger partial charge in [-0.3, -0.25) is 0 Å². The molecule has 1 saturated heterocycles. The van der Waals surface area contributed by atoms with Crippen LogP contribution in [0.15, 0.2) is 41.3 Å². The van der Waals surface area contributed by atoms with Gasteiger partial charge >= 0.3 is 0 Å². The van der Waals surface area contributed by atoms with Crippen molar-refractivity contribution in [2.24, 2.45) is 0 Å². The lowest BCUT2D eigenvalue weighted by atomic mass is 10.2. The van der Waals surface area contributed by atoms with Gasteiger partial charge in [0.05, 0.1) is 24.5 Å². The molecule has 0 N–H and O–H groups in total. The predicted octanol–water partition coefficient (Wildman–Crippen LogP) is 1.48. The Morgan fingerprint density at radius 2 is 1.74 bits per heavy atom. The van der Waals surface area contributed by atoms with Gasteiger partial charge in [-0.15, -0.1) is 0 Å². The summed E-state index contributed by atoms with van der Waals surface area (Å²) in [6.45, 7) is 8.58. The first-order chi connectivity index (χ1) is 10.6. The van der Waals surface area contributed by atoms with E-state index in [1.807, 2.05) is 6.92 Å². The molecule has 2 rings (SSSR count). The van der Waals surface area contributed by atoms with Crippen LogP contribution >= 0.6 is 7.94 Å². The van der Waals surface area contributed by atoms with Crippen molar-refractivity contribution >= 4 is 18.0 Å². The number of aryl methyl sites for hydroxylation is 1. The highest BCUT2D eigenvalue weighted by Crippen LogP contribution is 2.63. The zero-order valence-corrected chi connectivity index (χ0v) is 15.8. The van der Waals surface area contributed by atoms with Crippen molar-refractivity contribution < 1.29 is 13.3 Å². The van der Waals surface area contributed by atoms with E-state index in [2.05, 4.69) is 6.58 Å². The molecule has 8 heteroatoms. The quantitative estimate of drug-likeness (QED) is 0.590. The van der Waals surface area contributed by atoms with Crippen LogP contribution in [0.1, 0.15) is 12.5 Å². The molecule has 0 amide bonds. The molecular weight excluding hydrogens is 333 g/mol. The van der Waals surface area contributed by atoms with Crippen LogP contribution in [0.3, 0.4) is 0 Å². The van der Waals surface area contributed by atoms with Gasteiger partial charge in [0.1, 0.15) is 0 Å². The Kier molecular flexibility index (Phi) is 5.31. The molecule has 1 aliphatic rings.